The number of para-hydroxylation sites is 1. The first-order valence-electron chi connectivity index (χ1n) is 12.4. The Morgan fingerprint density at radius 3 is 2.53 bits per heavy atom. The number of halogens is 1. The minimum Gasteiger partial charge on any atom is -0.487 e. The third kappa shape index (κ3) is 5.08. The summed E-state index contributed by atoms with van der Waals surface area (Å²) in [6, 6.07) is 11.5. The number of ketones is 1. The van der Waals surface area contributed by atoms with E-state index in [0.29, 0.717) is 34.9 Å². The van der Waals surface area contributed by atoms with Crippen LogP contribution in [0, 0.1) is 19.3 Å². The summed E-state index contributed by atoms with van der Waals surface area (Å²) in [5.74, 6) is -0.212. The van der Waals surface area contributed by atoms with E-state index in [0.717, 1.165) is 40.1 Å². The second-order valence-electron chi connectivity index (χ2n) is 10.5. The van der Waals surface area contributed by atoms with Gasteiger partial charge in [-0.3, -0.25) is 4.79 Å². The smallest absolute Gasteiger partial charge is 0.336 e. The molecule has 1 atom stereocenters. The highest BCUT2D eigenvalue weighted by Crippen LogP contribution is 2.47. The molecule has 1 unspecified atom stereocenters. The molecule has 2 aliphatic rings. The van der Waals surface area contributed by atoms with Gasteiger partial charge in [0.15, 0.2) is 5.78 Å². The van der Waals surface area contributed by atoms with E-state index in [4.69, 9.17) is 21.1 Å². The molecule has 1 aliphatic carbocycles. The molecular formula is C30H34ClNO4. The molecule has 1 aliphatic heterocycles. The van der Waals surface area contributed by atoms with E-state index in [2.05, 4.69) is 31.3 Å². The molecule has 2 aromatic carbocycles. The van der Waals surface area contributed by atoms with Crippen molar-refractivity contribution in [3.63, 3.8) is 0 Å². The standard InChI is InChI=1S/C30H34ClNO4/c1-7-35-29(34)26-19(4)32-23-14-30(5,6)15-24(33)28(23)27(26)21-13-20(17(2)12-18(21)3)16-36-25-11-9-8-10-22(25)31/h8-13,27,32H,7,14-16H2,1-6H3. The van der Waals surface area contributed by atoms with Crippen LogP contribution in [0.15, 0.2) is 58.9 Å². The molecule has 0 radical (unpaired) electrons. The number of dihydropyridines is 1. The largest absolute Gasteiger partial charge is 0.487 e. The fourth-order valence-corrected chi connectivity index (χ4v) is 5.52. The molecule has 190 valence electrons. The normalized spacial score (nSPS) is 19.1. The lowest BCUT2D eigenvalue weighted by atomic mass is 9.68. The van der Waals surface area contributed by atoms with Crippen LogP contribution >= 0.6 is 11.6 Å². The Hall–Kier alpha value is -3.05. The summed E-state index contributed by atoms with van der Waals surface area (Å²) in [6.07, 6.45) is 1.18. The lowest BCUT2D eigenvalue weighted by Gasteiger charge is -2.40. The predicted octanol–water partition coefficient (Wildman–Crippen LogP) is 6.70. The highest BCUT2D eigenvalue weighted by molar-refractivity contribution is 6.32. The van der Waals surface area contributed by atoms with E-state index in [9.17, 15) is 9.59 Å². The van der Waals surface area contributed by atoms with Crippen LogP contribution in [0.25, 0.3) is 0 Å². The summed E-state index contributed by atoms with van der Waals surface area (Å²) in [6.45, 7) is 12.5. The van der Waals surface area contributed by atoms with Gasteiger partial charge in [0.25, 0.3) is 0 Å². The fraction of sp³-hybridized carbons (Fsp3) is 0.400. The number of rotatable bonds is 6. The van der Waals surface area contributed by atoms with Gasteiger partial charge in [0.2, 0.25) is 0 Å². The zero-order valence-corrected chi connectivity index (χ0v) is 22.6. The van der Waals surface area contributed by atoms with Gasteiger partial charge in [0.05, 0.1) is 17.2 Å². The Morgan fingerprint density at radius 1 is 1.11 bits per heavy atom. The maximum absolute atomic E-state index is 13.6. The molecule has 0 saturated heterocycles. The number of aryl methyl sites for hydroxylation is 2. The SMILES string of the molecule is CCOC(=O)C1=C(C)NC2=C(C(=O)CC(C)(C)C2)C1c1cc(COc2ccccc2Cl)c(C)cc1C. The van der Waals surface area contributed by atoms with Gasteiger partial charge in [-0.25, -0.2) is 4.79 Å². The monoisotopic (exact) mass is 507 g/mol. The minimum absolute atomic E-state index is 0.0712. The Morgan fingerprint density at radius 2 is 1.83 bits per heavy atom. The van der Waals surface area contributed by atoms with Crippen LogP contribution in [0.5, 0.6) is 5.75 Å². The lowest BCUT2D eigenvalue weighted by Crippen LogP contribution is -2.39. The van der Waals surface area contributed by atoms with Crippen molar-refractivity contribution < 1.29 is 19.1 Å². The molecule has 1 heterocycles. The van der Waals surface area contributed by atoms with Crippen LogP contribution in [0.2, 0.25) is 5.02 Å². The van der Waals surface area contributed by atoms with Gasteiger partial charge in [-0.15, -0.1) is 0 Å². The van der Waals surface area contributed by atoms with Crippen molar-refractivity contribution in [2.75, 3.05) is 6.61 Å². The number of hydrogen-bond acceptors (Lipinski definition) is 5. The molecule has 1 N–H and O–H groups in total. The number of allylic oxidation sites excluding steroid dienone is 3. The number of carbonyl (C=O) groups is 2. The molecule has 36 heavy (non-hydrogen) atoms. The Bertz CT molecular complexity index is 1290. The quantitative estimate of drug-likeness (QED) is 0.440. The second kappa shape index (κ2) is 10.1. The first-order chi connectivity index (χ1) is 17.0. The lowest BCUT2D eigenvalue weighted by molar-refractivity contribution is -0.138. The molecule has 5 nitrogen and oxygen atoms in total. The van der Waals surface area contributed by atoms with E-state index >= 15 is 0 Å². The Labute approximate surface area is 218 Å². The van der Waals surface area contributed by atoms with E-state index in [-0.39, 0.29) is 17.8 Å². The van der Waals surface area contributed by atoms with Crippen molar-refractivity contribution in [3.05, 3.63) is 86.2 Å². The number of carbonyl (C=O) groups excluding carboxylic acids is 2. The summed E-state index contributed by atoms with van der Waals surface area (Å²) in [5, 5.41) is 3.94. The van der Waals surface area contributed by atoms with E-state index in [1.807, 2.05) is 39.0 Å². The van der Waals surface area contributed by atoms with E-state index < -0.39 is 11.9 Å². The van der Waals surface area contributed by atoms with E-state index in [1.165, 1.54) is 0 Å². The predicted molar refractivity (Wildman–Crippen MR) is 142 cm³/mol. The third-order valence-electron chi connectivity index (χ3n) is 6.99. The van der Waals surface area contributed by atoms with Gasteiger partial charge in [-0.1, -0.05) is 49.7 Å². The molecule has 0 aromatic heterocycles. The van der Waals surface area contributed by atoms with Gasteiger partial charge < -0.3 is 14.8 Å². The Balaban J connectivity index is 1.83. The number of ether oxygens (including phenoxy) is 2. The van der Waals surface area contributed by atoms with Crippen molar-refractivity contribution in [1.29, 1.82) is 0 Å². The molecule has 0 bridgehead atoms. The maximum atomic E-state index is 13.6. The molecule has 0 saturated carbocycles. The number of hydrogen-bond donors (Lipinski definition) is 1. The number of benzene rings is 2. The third-order valence-corrected chi connectivity index (χ3v) is 7.30. The zero-order valence-electron chi connectivity index (χ0n) is 21.9. The molecule has 0 spiro atoms. The topological polar surface area (TPSA) is 64.6 Å². The average molecular weight is 508 g/mol. The van der Waals surface area contributed by atoms with Crippen molar-refractivity contribution in [2.24, 2.45) is 5.41 Å². The summed E-state index contributed by atoms with van der Waals surface area (Å²) in [4.78, 5) is 26.8. The summed E-state index contributed by atoms with van der Waals surface area (Å²) >= 11 is 6.29. The molecule has 0 amide bonds. The fourth-order valence-electron chi connectivity index (χ4n) is 5.33. The van der Waals surface area contributed by atoms with Crippen molar-refractivity contribution in [3.8, 4) is 5.75 Å². The second-order valence-corrected chi connectivity index (χ2v) is 10.9. The zero-order chi connectivity index (χ0) is 26.2. The van der Waals surface area contributed by atoms with Crippen molar-refractivity contribution >= 4 is 23.4 Å². The summed E-state index contributed by atoms with van der Waals surface area (Å²) in [5.41, 5.74) is 6.63. The molecule has 6 heteroatoms. The summed E-state index contributed by atoms with van der Waals surface area (Å²) in [7, 11) is 0. The first kappa shape index (κ1) is 26.0. The van der Waals surface area contributed by atoms with Crippen LogP contribution in [-0.2, 0) is 20.9 Å². The van der Waals surface area contributed by atoms with Crippen LogP contribution < -0.4 is 10.1 Å². The van der Waals surface area contributed by atoms with Crippen LogP contribution in [0.1, 0.15) is 68.7 Å². The average Bonchev–Trinajstić information content (AvgIpc) is 2.78. The molecule has 4 rings (SSSR count). The van der Waals surface area contributed by atoms with Gasteiger partial charge in [0.1, 0.15) is 12.4 Å². The summed E-state index contributed by atoms with van der Waals surface area (Å²) < 4.78 is 11.5. The first-order valence-corrected chi connectivity index (χ1v) is 12.8. The number of Topliss-reactive ketones (excluding diaryl/α,β-unsaturated/α-hetero) is 1. The van der Waals surface area contributed by atoms with Crippen LogP contribution in [-0.4, -0.2) is 18.4 Å². The maximum Gasteiger partial charge on any atom is 0.336 e. The van der Waals surface area contributed by atoms with Crippen molar-refractivity contribution in [1.82, 2.24) is 5.32 Å². The van der Waals surface area contributed by atoms with Gasteiger partial charge in [-0.2, -0.15) is 0 Å². The van der Waals surface area contributed by atoms with Gasteiger partial charge in [0, 0.05) is 29.3 Å². The molecule has 2 aromatic rings. The van der Waals surface area contributed by atoms with Crippen LogP contribution in [0.4, 0.5) is 0 Å². The van der Waals surface area contributed by atoms with Gasteiger partial charge >= 0.3 is 5.97 Å². The highest BCUT2D eigenvalue weighted by atomic mass is 35.5. The Kier molecular flexibility index (Phi) is 7.33. The van der Waals surface area contributed by atoms with Gasteiger partial charge in [-0.05, 0) is 73.9 Å². The van der Waals surface area contributed by atoms with E-state index in [1.54, 1.807) is 13.0 Å². The van der Waals surface area contributed by atoms with Crippen LogP contribution in [0.3, 0.4) is 0 Å². The van der Waals surface area contributed by atoms with Crippen molar-refractivity contribution in [2.45, 2.75) is 66.9 Å². The minimum atomic E-state index is -0.497. The molecule has 0 fully saturated rings. The molecular weight excluding hydrogens is 474 g/mol. The number of esters is 1. The number of nitrogens with one attached hydrogen (secondary N) is 1. The highest BCUT2D eigenvalue weighted by Gasteiger charge is 2.43.